The number of nitrogens with zero attached hydrogens (tertiary/aromatic N) is 1. The average molecular weight is 201 g/mol. The molecule has 80 valence electrons. The fourth-order valence-electron chi connectivity index (χ4n) is 1.48. The molecule has 6 nitrogen and oxygen atoms in total. The van der Waals surface area contributed by atoms with Crippen molar-refractivity contribution >= 4 is 11.8 Å². The molecule has 6 heteroatoms. The second kappa shape index (κ2) is 4.39. The van der Waals surface area contributed by atoms with E-state index in [0.29, 0.717) is 13.0 Å². The van der Waals surface area contributed by atoms with E-state index in [0.717, 1.165) is 0 Å². The molecule has 1 saturated heterocycles. The summed E-state index contributed by atoms with van der Waals surface area (Å²) in [7, 11) is 1.51. The van der Waals surface area contributed by atoms with Gasteiger partial charge in [0.05, 0.1) is 18.7 Å². The van der Waals surface area contributed by atoms with Crippen LogP contribution in [-0.2, 0) is 9.59 Å². The van der Waals surface area contributed by atoms with Crippen molar-refractivity contribution in [3.05, 3.63) is 0 Å². The summed E-state index contributed by atoms with van der Waals surface area (Å²) in [6.45, 7) is 0.327. The van der Waals surface area contributed by atoms with Crippen molar-refractivity contribution < 1.29 is 14.7 Å². The third-order valence-corrected chi connectivity index (χ3v) is 2.17. The van der Waals surface area contributed by atoms with E-state index in [1.807, 2.05) is 0 Å². The zero-order valence-electron chi connectivity index (χ0n) is 8.06. The number of β-amino-alcohol motifs (C(OH)–C–C–N with tert-alkyl or cyclic N) is 1. The molecule has 1 aliphatic heterocycles. The Balaban J connectivity index is 2.44. The van der Waals surface area contributed by atoms with Crippen LogP contribution in [0.3, 0.4) is 0 Å². The molecule has 1 aliphatic rings. The van der Waals surface area contributed by atoms with Crippen LogP contribution < -0.4 is 11.1 Å². The summed E-state index contributed by atoms with van der Waals surface area (Å²) < 4.78 is 0. The molecule has 1 heterocycles. The number of rotatable bonds is 3. The van der Waals surface area contributed by atoms with E-state index >= 15 is 0 Å². The molecule has 2 unspecified atom stereocenters. The topological polar surface area (TPSA) is 95.7 Å². The number of nitrogens with two attached hydrogens (primary N) is 1. The van der Waals surface area contributed by atoms with Gasteiger partial charge in [-0.1, -0.05) is 0 Å². The van der Waals surface area contributed by atoms with E-state index in [2.05, 4.69) is 5.32 Å². The number of carbonyl (C=O) groups is 2. The Kier molecular flexibility index (Phi) is 3.43. The lowest BCUT2D eigenvalue weighted by molar-refractivity contribution is -0.135. The molecule has 0 aromatic rings. The molecule has 0 saturated carbocycles. The molecule has 2 atom stereocenters. The van der Waals surface area contributed by atoms with Gasteiger partial charge >= 0.3 is 0 Å². The predicted octanol–water partition coefficient (Wildman–Crippen LogP) is -2.35. The lowest BCUT2D eigenvalue weighted by Gasteiger charge is -2.19. The first kappa shape index (κ1) is 10.9. The molecule has 2 amide bonds. The van der Waals surface area contributed by atoms with E-state index in [-0.39, 0.29) is 12.5 Å². The van der Waals surface area contributed by atoms with Crippen molar-refractivity contribution in [2.45, 2.75) is 18.6 Å². The van der Waals surface area contributed by atoms with Crippen LogP contribution in [0.1, 0.15) is 6.42 Å². The van der Waals surface area contributed by atoms with Crippen LogP contribution in [-0.4, -0.2) is 54.1 Å². The molecule has 14 heavy (non-hydrogen) atoms. The zero-order valence-corrected chi connectivity index (χ0v) is 8.06. The van der Waals surface area contributed by atoms with Crippen LogP contribution >= 0.6 is 0 Å². The lowest BCUT2D eigenvalue weighted by Crippen LogP contribution is -2.44. The van der Waals surface area contributed by atoms with Crippen LogP contribution in [0, 0.1) is 0 Å². The summed E-state index contributed by atoms with van der Waals surface area (Å²) in [4.78, 5) is 23.4. The summed E-state index contributed by atoms with van der Waals surface area (Å²) in [6, 6.07) is -0.394. The number of aliphatic hydroxyl groups is 1. The van der Waals surface area contributed by atoms with Gasteiger partial charge in [-0.15, -0.1) is 0 Å². The van der Waals surface area contributed by atoms with E-state index in [1.54, 1.807) is 0 Å². The molecule has 0 aromatic carbocycles. The van der Waals surface area contributed by atoms with Gasteiger partial charge in [-0.05, 0) is 6.42 Å². The van der Waals surface area contributed by atoms with Crippen molar-refractivity contribution in [3.63, 3.8) is 0 Å². The molecule has 0 spiro atoms. The third-order valence-electron chi connectivity index (χ3n) is 2.17. The van der Waals surface area contributed by atoms with E-state index < -0.39 is 18.1 Å². The molecule has 4 N–H and O–H groups in total. The first-order valence-electron chi connectivity index (χ1n) is 4.45. The molecule has 0 bridgehead atoms. The number of aliphatic hydroxyl groups excluding tert-OH is 1. The summed E-state index contributed by atoms with van der Waals surface area (Å²) in [5.41, 5.74) is 4.95. The summed E-state index contributed by atoms with van der Waals surface area (Å²) in [5.74, 6) is -0.750. The Morgan fingerprint density at radius 3 is 2.71 bits per heavy atom. The second-order valence-electron chi connectivity index (χ2n) is 3.51. The number of hydrogen-bond acceptors (Lipinski definition) is 4. The fraction of sp³-hybridized carbons (Fsp3) is 0.750. The molecule has 0 aromatic heterocycles. The highest BCUT2D eigenvalue weighted by Crippen LogP contribution is 2.08. The highest BCUT2D eigenvalue weighted by atomic mass is 16.3. The van der Waals surface area contributed by atoms with E-state index in [4.69, 9.17) is 5.73 Å². The van der Waals surface area contributed by atoms with Gasteiger partial charge in [0.2, 0.25) is 11.8 Å². The van der Waals surface area contributed by atoms with E-state index in [1.165, 1.54) is 11.9 Å². The number of amides is 2. The van der Waals surface area contributed by atoms with Crippen molar-refractivity contribution in [1.82, 2.24) is 10.2 Å². The highest BCUT2D eigenvalue weighted by molar-refractivity contribution is 5.86. The van der Waals surface area contributed by atoms with Gasteiger partial charge in [-0.3, -0.25) is 9.59 Å². The van der Waals surface area contributed by atoms with Gasteiger partial charge < -0.3 is 21.1 Å². The van der Waals surface area contributed by atoms with Gasteiger partial charge in [0.15, 0.2) is 0 Å². The summed E-state index contributed by atoms with van der Waals surface area (Å²) in [5, 5.41) is 12.1. The largest absolute Gasteiger partial charge is 0.392 e. The third kappa shape index (κ3) is 2.68. The molecule has 1 rings (SSSR count). The first-order valence-corrected chi connectivity index (χ1v) is 4.45. The second-order valence-corrected chi connectivity index (χ2v) is 3.51. The van der Waals surface area contributed by atoms with Gasteiger partial charge in [-0.25, -0.2) is 0 Å². The quantitative estimate of drug-likeness (QED) is 0.476. The maximum atomic E-state index is 11.6. The summed E-state index contributed by atoms with van der Waals surface area (Å²) >= 11 is 0. The van der Waals surface area contributed by atoms with Crippen LogP contribution in [0.5, 0.6) is 0 Å². The number of primary amides is 1. The van der Waals surface area contributed by atoms with Crippen molar-refractivity contribution in [2.75, 3.05) is 20.1 Å². The van der Waals surface area contributed by atoms with Gasteiger partial charge in [0.25, 0.3) is 0 Å². The minimum atomic E-state index is -0.542. The van der Waals surface area contributed by atoms with Gasteiger partial charge in [0, 0.05) is 13.6 Å². The Labute approximate surface area is 82.1 Å². The van der Waals surface area contributed by atoms with E-state index in [9.17, 15) is 14.7 Å². The smallest absolute Gasteiger partial charge is 0.240 e. The minimum absolute atomic E-state index is 0.0902. The molecular formula is C8H15N3O3. The van der Waals surface area contributed by atoms with Crippen LogP contribution in [0.4, 0.5) is 0 Å². The Morgan fingerprint density at radius 2 is 2.29 bits per heavy atom. The first-order chi connectivity index (χ1) is 6.50. The van der Waals surface area contributed by atoms with Crippen LogP contribution in [0.25, 0.3) is 0 Å². The number of carbonyl (C=O) groups excluding carboxylic acids is 2. The molecular weight excluding hydrogens is 186 g/mol. The SMILES string of the molecule is CN(CC(N)=O)C(=O)C1CC(O)CN1. The minimum Gasteiger partial charge on any atom is -0.392 e. The summed E-state index contributed by atoms with van der Waals surface area (Å²) in [6.07, 6.45) is -0.0898. The van der Waals surface area contributed by atoms with Crippen molar-refractivity contribution in [2.24, 2.45) is 5.73 Å². The van der Waals surface area contributed by atoms with Crippen molar-refractivity contribution in [3.8, 4) is 0 Å². The maximum absolute atomic E-state index is 11.6. The Hall–Kier alpha value is -1.14. The van der Waals surface area contributed by atoms with Crippen LogP contribution in [0.15, 0.2) is 0 Å². The normalized spacial score (nSPS) is 26.1. The maximum Gasteiger partial charge on any atom is 0.240 e. The Bertz CT molecular complexity index is 244. The Morgan fingerprint density at radius 1 is 1.64 bits per heavy atom. The van der Waals surface area contributed by atoms with Crippen LogP contribution in [0.2, 0.25) is 0 Å². The lowest BCUT2D eigenvalue weighted by atomic mass is 10.2. The monoisotopic (exact) mass is 201 g/mol. The molecule has 1 fully saturated rings. The van der Waals surface area contributed by atoms with Gasteiger partial charge in [-0.2, -0.15) is 0 Å². The fourth-order valence-corrected chi connectivity index (χ4v) is 1.48. The number of hydrogen-bond donors (Lipinski definition) is 3. The standard InChI is InChI=1S/C8H15N3O3/c1-11(4-7(9)13)8(14)6-2-5(12)3-10-6/h5-6,10,12H,2-4H2,1H3,(H2,9,13). The predicted molar refractivity (Wildman–Crippen MR) is 49.2 cm³/mol. The number of likely N-dealkylation sites (N-methyl/N-ethyl adjacent to an activating group) is 1. The molecule has 0 radical (unpaired) electrons. The average Bonchev–Trinajstić information content (AvgIpc) is 2.49. The highest BCUT2D eigenvalue weighted by Gasteiger charge is 2.30. The molecule has 0 aliphatic carbocycles. The van der Waals surface area contributed by atoms with Crippen molar-refractivity contribution in [1.29, 1.82) is 0 Å². The van der Waals surface area contributed by atoms with Gasteiger partial charge in [0.1, 0.15) is 0 Å². The zero-order chi connectivity index (χ0) is 10.7. The number of nitrogens with one attached hydrogen (secondary N) is 1.